The molecule has 0 bridgehead atoms. The topological polar surface area (TPSA) is 97.4 Å². The number of nitrogens with zero attached hydrogens (tertiary/aromatic N) is 1. The SMILES string of the molecule is O=C(COC(=O)c1cc(Cl)nc2ccccc12)NC(=O)NC1CCCCC1. The number of rotatable bonds is 4. The molecule has 0 atom stereocenters. The summed E-state index contributed by atoms with van der Waals surface area (Å²) in [6.45, 7) is -0.564. The van der Waals surface area contributed by atoms with Crippen LogP contribution in [0.1, 0.15) is 42.5 Å². The molecule has 1 aliphatic carbocycles. The van der Waals surface area contributed by atoms with E-state index in [0.29, 0.717) is 10.9 Å². The monoisotopic (exact) mass is 389 g/mol. The summed E-state index contributed by atoms with van der Waals surface area (Å²) >= 11 is 5.94. The van der Waals surface area contributed by atoms with Crippen molar-refractivity contribution in [2.45, 2.75) is 38.1 Å². The molecule has 2 N–H and O–H groups in total. The van der Waals surface area contributed by atoms with Crippen LogP contribution in [0.2, 0.25) is 5.15 Å². The van der Waals surface area contributed by atoms with Gasteiger partial charge in [0.2, 0.25) is 0 Å². The summed E-state index contributed by atoms with van der Waals surface area (Å²) in [5, 5.41) is 5.66. The van der Waals surface area contributed by atoms with E-state index >= 15 is 0 Å². The Morgan fingerprint density at radius 1 is 1.15 bits per heavy atom. The number of halogens is 1. The number of para-hydroxylation sites is 1. The number of carbonyl (C=O) groups excluding carboxylic acids is 3. The average Bonchev–Trinajstić information content (AvgIpc) is 2.66. The molecule has 3 amide bonds. The van der Waals surface area contributed by atoms with Crippen molar-refractivity contribution in [1.29, 1.82) is 0 Å². The summed E-state index contributed by atoms with van der Waals surface area (Å²) in [7, 11) is 0. The van der Waals surface area contributed by atoms with Crippen molar-refractivity contribution in [1.82, 2.24) is 15.6 Å². The van der Waals surface area contributed by atoms with Crippen LogP contribution >= 0.6 is 11.6 Å². The van der Waals surface area contributed by atoms with E-state index in [9.17, 15) is 14.4 Å². The highest BCUT2D eigenvalue weighted by Crippen LogP contribution is 2.21. The van der Waals surface area contributed by atoms with Gasteiger partial charge in [-0.3, -0.25) is 10.1 Å². The minimum Gasteiger partial charge on any atom is -0.452 e. The number of nitrogens with one attached hydrogen (secondary N) is 2. The van der Waals surface area contributed by atoms with Crippen LogP contribution in [0.5, 0.6) is 0 Å². The van der Waals surface area contributed by atoms with Crippen molar-refractivity contribution in [3.05, 3.63) is 41.0 Å². The van der Waals surface area contributed by atoms with Crippen LogP contribution in [0.15, 0.2) is 30.3 Å². The molecule has 2 aromatic rings. The Balaban J connectivity index is 1.54. The minimum atomic E-state index is -0.710. The molecule has 1 heterocycles. The lowest BCUT2D eigenvalue weighted by Gasteiger charge is -2.22. The highest BCUT2D eigenvalue weighted by Gasteiger charge is 2.19. The van der Waals surface area contributed by atoms with Gasteiger partial charge in [-0.2, -0.15) is 0 Å². The van der Waals surface area contributed by atoms with Gasteiger partial charge in [-0.1, -0.05) is 49.1 Å². The number of ether oxygens (including phenoxy) is 1. The zero-order chi connectivity index (χ0) is 19.2. The number of hydrogen-bond donors (Lipinski definition) is 2. The molecule has 8 heteroatoms. The van der Waals surface area contributed by atoms with Gasteiger partial charge >= 0.3 is 12.0 Å². The number of amides is 3. The van der Waals surface area contributed by atoms with Crippen molar-refractivity contribution in [3.8, 4) is 0 Å². The summed E-state index contributed by atoms with van der Waals surface area (Å²) in [5.41, 5.74) is 0.762. The zero-order valence-electron chi connectivity index (χ0n) is 14.7. The van der Waals surface area contributed by atoms with Gasteiger partial charge in [0.05, 0.1) is 11.1 Å². The number of pyridine rings is 1. The predicted molar refractivity (Wildman–Crippen MR) is 101 cm³/mol. The van der Waals surface area contributed by atoms with E-state index in [1.807, 2.05) is 0 Å². The molecule has 0 radical (unpaired) electrons. The second-order valence-corrected chi connectivity index (χ2v) is 6.83. The number of benzene rings is 1. The zero-order valence-corrected chi connectivity index (χ0v) is 15.4. The maximum Gasteiger partial charge on any atom is 0.339 e. The van der Waals surface area contributed by atoms with Crippen LogP contribution in [0.4, 0.5) is 4.79 Å². The first-order valence-corrected chi connectivity index (χ1v) is 9.23. The van der Waals surface area contributed by atoms with Crippen LogP contribution in [-0.2, 0) is 9.53 Å². The van der Waals surface area contributed by atoms with Crippen LogP contribution in [0.3, 0.4) is 0 Å². The van der Waals surface area contributed by atoms with Gasteiger partial charge in [-0.15, -0.1) is 0 Å². The van der Waals surface area contributed by atoms with E-state index in [-0.39, 0.29) is 16.8 Å². The fourth-order valence-corrected chi connectivity index (χ4v) is 3.35. The fourth-order valence-electron chi connectivity index (χ4n) is 3.15. The van der Waals surface area contributed by atoms with Gasteiger partial charge in [0.15, 0.2) is 6.61 Å². The third kappa shape index (κ3) is 5.17. The van der Waals surface area contributed by atoms with Crippen molar-refractivity contribution in [3.63, 3.8) is 0 Å². The first kappa shape index (κ1) is 19.1. The second-order valence-electron chi connectivity index (χ2n) is 6.44. The first-order valence-electron chi connectivity index (χ1n) is 8.85. The van der Waals surface area contributed by atoms with Gasteiger partial charge in [0.1, 0.15) is 5.15 Å². The van der Waals surface area contributed by atoms with Crippen molar-refractivity contribution < 1.29 is 19.1 Å². The standard InChI is InChI=1S/C19H20ClN3O4/c20-16-10-14(13-8-4-5-9-15(13)22-16)18(25)27-11-17(24)23-19(26)21-12-6-2-1-3-7-12/h4-5,8-10,12H,1-3,6-7,11H2,(H2,21,23,24,26). The number of carbonyl (C=O) groups is 3. The summed E-state index contributed by atoms with van der Waals surface area (Å²) in [6, 6.07) is 7.88. The maximum absolute atomic E-state index is 12.3. The van der Waals surface area contributed by atoms with Gasteiger partial charge in [0.25, 0.3) is 5.91 Å². The molecular formula is C19H20ClN3O4. The smallest absolute Gasteiger partial charge is 0.339 e. The Bertz CT molecular complexity index is 865. The fraction of sp³-hybridized carbons (Fsp3) is 0.368. The summed E-state index contributed by atoms with van der Waals surface area (Å²) in [5.74, 6) is -1.40. The van der Waals surface area contributed by atoms with Crippen molar-refractivity contribution in [2.24, 2.45) is 0 Å². The lowest BCUT2D eigenvalue weighted by atomic mass is 9.96. The van der Waals surface area contributed by atoms with Crippen LogP contribution < -0.4 is 10.6 Å². The Labute approximate surface area is 161 Å². The lowest BCUT2D eigenvalue weighted by molar-refractivity contribution is -0.123. The molecule has 1 fully saturated rings. The quantitative estimate of drug-likeness (QED) is 0.618. The molecule has 7 nitrogen and oxygen atoms in total. The number of urea groups is 1. The Morgan fingerprint density at radius 2 is 1.89 bits per heavy atom. The third-order valence-corrected chi connectivity index (χ3v) is 4.63. The van der Waals surface area contributed by atoms with Gasteiger partial charge in [0, 0.05) is 11.4 Å². The van der Waals surface area contributed by atoms with Crippen LogP contribution in [0, 0.1) is 0 Å². The molecule has 1 aromatic heterocycles. The van der Waals surface area contributed by atoms with Gasteiger partial charge in [-0.25, -0.2) is 14.6 Å². The molecule has 0 spiro atoms. The normalized spacial score (nSPS) is 14.6. The highest BCUT2D eigenvalue weighted by atomic mass is 35.5. The first-order chi connectivity index (χ1) is 13.0. The number of fused-ring (bicyclic) bond motifs is 1. The molecule has 3 rings (SSSR count). The molecule has 1 saturated carbocycles. The lowest BCUT2D eigenvalue weighted by Crippen LogP contribution is -2.46. The summed E-state index contributed by atoms with van der Waals surface area (Å²) in [4.78, 5) is 40.2. The van der Waals surface area contributed by atoms with Crippen molar-refractivity contribution >= 4 is 40.4 Å². The summed E-state index contributed by atoms with van der Waals surface area (Å²) in [6.07, 6.45) is 5.12. The van der Waals surface area contributed by atoms with E-state index in [1.165, 1.54) is 12.5 Å². The molecule has 142 valence electrons. The van der Waals surface area contributed by atoms with E-state index in [1.54, 1.807) is 24.3 Å². The number of hydrogen-bond acceptors (Lipinski definition) is 5. The van der Waals surface area contributed by atoms with E-state index < -0.39 is 24.5 Å². The molecule has 1 aromatic carbocycles. The van der Waals surface area contributed by atoms with Crippen LogP contribution in [0.25, 0.3) is 10.9 Å². The second kappa shape index (κ2) is 8.81. The molecule has 0 saturated heterocycles. The molecule has 1 aliphatic rings. The summed E-state index contributed by atoms with van der Waals surface area (Å²) < 4.78 is 5.03. The molecule has 27 heavy (non-hydrogen) atoms. The molecule has 0 unspecified atom stereocenters. The van der Waals surface area contributed by atoms with E-state index in [2.05, 4.69) is 15.6 Å². The number of esters is 1. The molecule has 0 aliphatic heterocycles. The van der Waals surface area contributed by atoms with Crippen LogP contribution in [-0.4, -0.2) is 35.5 Å². The predicted octanol–water partition coefficient (Wildman–Crippen LogP) is 3.20. The van der Waals surface area contributed by atoms with E-state index in [4.69, 9.17) is 16.3 Å². The third-order valence-electron chi connectivity index (χ3n) is 4.43. The van der Waals surface area contributed by atoms with Crippen molar-refractivity contribution in [2.75, 3.05) is 6.61 Å². The Morgan fingerprint density at radius 3 is 2.67 bits per heavy atom. The average molecular weight is 390 g/mol. The number of aromatic nitrogens is 1. The highest BCUT2D eigenvalue weighted by molar-refractivity contribution is 6.30. The Hall–Kier alpha value is -2.67. The molecular weight excluding hydrogens is 370 g/mol. The maximum atomic E-state index is 12.3. The van der Waals surface area contributed by atoms with E-state index in [0.717, 1.165) is 25.7 Å². The minimum absolute atomic E-state index is 0.0828. The Kier molecular flexibility index (Phi) is 6.24. The largest absolute Gasteiger partial charge is 0.452 e. The van der Waals surface area contributed by atoms with Gasteiger partial charge < -0.3 is 10.1 Å². The van der Waals surface area contributed by atoms with Gasteiger partial charge in [-0.05, 0) is 25.0 Å². The number of imide groups is 1.